The minimum atomic E-state index is -0.324. The molecule has 4 rings (SSSR count). The van der Waals surface area contributed by atoms with Crippen molar-refractivity contribution in [3.8, 4) is 11.3 Å². The molecule has 0 fully saturated rings. The molecule has 5 nitrogen and oxygen atoms in total. The molecule has 0 saturated carbocycles. The van der Waals surface area contributed by atoms with Gasteiger partial charge in [-0.05, 0) is 42.5 Å². The maximum absolute atomic E-state index is 13.0. The number of anilines is 1. The van der Waals surface area contributed by atoms with E-state index in [9.17, 15) is 9.18 Å². The van der Waals surface area contributed by atoms with Gasteiger partial charge >= 0.3 is 0 Å². The Morgan fingerprint density at radius 3 is 2.71 bits per heavy atom. The molecule has 0 aliphatic heterocycles. The lowest BCUT2D eigenvalue weighted by Crippen LogP contribution is -2.11. The van der Waals surface area contributed by atoms with Crippen molar-refractivity contribution >= 4 is 32.6 Å². The number of para-hydroxylation sites is 1. The van der Waals surface area contributed by atoms with Crippen LogP contribution < -0.4 is 5.32 Å². The van der Waals surface area contributed by atoms with Gasteiger partial charge in [-0.2, -0.15) is 5.10 Å². The number of hydrogen-bond acceptors (Lipinski definition) is 4. The van der Waals surface area contributed by atoms with Crippen LogP contribution in [0.3, 0.4) is 0 Å². The predicted molar refractivity (Wildman–Crippen MR) is 91.6 cm³/mol. The Morgan fingerprint density at radius 1 is 1.12 bits per heavy atom. The van der Waals surface area contributed by atoms with Crippen LogP contribution in [-0.4, -0.2) is 21.1 Å². The number of carbonyl (C=O) groups excluding carboxylic acids is 1. The average molecular weight is 338 g/mol. The number of aromatic nitrogens is 3. The van der Waals surface area contributed by atoms with E-state index in [-0.39, 0.29) is 11.7 Å². The second kappa shape index (κ2) is 5.86. The third-order valence-electron chi connectivity index (χ3n) is 3.48. The van der Waals surface area contributed by atoms with E-state index in [1.165, 1.54) is 23.5 Å². The second-order valence-electron chi connectivity index (χ2n) is 5.11. The first-order valence-electron chi connectivity index (χ1n) is 7.17. The highest BCUT2D eigenvalue weighted by Crippen LogP contribution is 2.26. The molecule has 2 heterocycles. The lowest BCUT2D eigenvalue weighted by atomic mass is 10.1. The molecule has 0 bridgehead atoms. The zero-order valence-electron chi connectivity index (χ0n) is 12.3. The third-order valence-corrected chi connectivity index (χ3v) is 4.43. The number of H-pyrrole nitrogens is 1. The number of amides is 1. The zero-order chi connectivity index (χ0) is 16.5. The molecule has 2 aromatic carbocycles. The molecule has 118 valence electrons. The van der Waals surface area contributed by atoms with Crippen molar-refractivity contribution in [3.63, 3.8) is 0 Å². The van der Waals surface area contributed by atoms with Crippen LogP contribution in [0.25, 0.3) is 21.5 Å². The second-order valence-corrected chi connectivity index (χ2v) is 6.15. The summed E-state index contributed by atoms with van der Waals surface area (Å²) in [4.78, 5) is 16.7. The van der Waals surface area contributed by atoms with Crippen molar-refractivity contribution < 1.29 is 9.18 Å². The maximum Gasteiger partial charge on any atom is 0.275 e. The fourth-order valence-electron chi connectivity index (χ4n) is 2.30. The zero-order valence-corrected chi connectivity index (χ0v) is 13.1. The maximum atomic E-state index is 13.0. The van der Waals surface area contributed by atoms with Crippen LogP contribution in [0.2, 0.25) is 0 Å². The van der Waals surface area contributed by atoms with Gasteiger partial charge in [-0.3, -0.25) is 15.2 Å². The van der Waals surface area contributed by atoms with E-state index in [0.717, 1.165) is 15.8 Å². The molecule has 0 aliphatic carbocycles. The molecule has 2 N–H and O–H groups in total. The largest absolute Gasteiger partial charge is 0.296 e. The lowest BCUT2D eigenvalue weighted by Gasteiger charge is -1.97. The molecule has 0 unspecified atom stereocenters. The highest BCUT2D eigenvalue weighted by atomic mass is 32.1. The predicted octanol–water partition coefficient (Wildman–Crippen LogP) is 4.08. The van der Waals surface area contributed by atoms with Crippen molar-refractivity contribution in [2.24, 2.45) is 0 Å². The molecule has 0 saturated heterocycles. The summed E-state index contributed by atoms with van der Waals surface area (Å²) in [7, 11) is 0. The van der Waals surface area contributed by atoms with Gasteiger partial charge in [-0.15, -0.1) is 0 Å². The number of aromatic amines is 1. The van der Waals surface area contributed by atoms with Crippen LogP contribution >= 0.6 is 11.3 Å². The SMILES string of the molecule is O=C(Nc1nc2ccccc2s1)c1cc(-c2ccc(F)cc2)n[nH]1. The van der Waals surface area contributed by atoms with Gasteiger partial charge in [0, 0.05) is 5.56 Å². The average Bonchev–Trinajstić information content (AvgIpc) is 3.21. The number of nitrogens with zero attached hydrogens (tertiary/aromatic N) is 2. The molecule has 0 aliphatic rings. The van der Waals surface area contributed by atoms with Crippen LogP contribution in [0.1, 0.15) is 10.5 Å². The van der Waals surface area contributed by atoms with E-state index < -0.39 is 0 Å². The highest BCUT2D eigenvalue weighted by Gasteiger charge is 2.13. The Morgan fingerprint density at radius 2 is 1.92 bits per heavy atom. The molecule has 0 atom stereocenters. The Bertz CT molecular complexity index is 989. The van der Waals surface area contributed by atoms with E-state index in [2.05, 4.69) is 20.5 Å². The molecule has 7 heteroatoms. The fourth-order valence-corrected chi connectivity index (χ4v) is 3.16. The van der Waals surface area contributed by atoms with Gasteiger partial charge in [0.1, 0.15) is 11.5 Å². The van der Waals surface area contributed by atoms with Crippen LogP contribution in [0, 0.1) is 5.82 Å². The first kappa shape index (κ1) is 14.5. The Labute approximate surface area is 140 Å². The van der Waals surface area contributed by atoms with E-state index >= 15 is 0 Å². The van der Waals surface area contributed by atoms with Gasteiger partial charge in [-0.1, -0.05) is 23.5 Å². The summed E-state index contributed by atoms with van der Waals surface area (Å²) in [5, 5.41) is 10.1. The summed E-state index contributed by atoms with van der Waals surface area (Å²) >= 11 is 1.41. The Kier molecular flexibility index (Phi) is 3.55. The number of fused-ring (bicyclic) bond motifs is 1. The van der Waals surface area contributed by atoms with Crippen LogP contribution in [0.15, 0.2) is 54.6 Å². The molecule has 4 aromatic rings. The molecular formula is C17H11FN4OS. The van der Waals surface area contributed by atoms with Crippen LogP contribution in [0.4, 0.5) is 9.52 Å². The Hall–Kier alpha value is -3.06. The minimum Gasteiger partial charge on any atom is -0.296 e. The number of carbonyl (C=O) groups is 1. The lowest BCUT2D eigenvalue weighted by molar-refractivity contribution is 0.102. The summed E-state index contributed by atoms with van der Waals surface area (Å²) < 4.78 is 14.0. The van der Waals surface area contributed by atoms with E-state index in [1.807, 2.05) is 24.3 Å². The van der Waals surface area contributed by atoms with Crippen LogP contribution in [-0.2, 0) is 0 Å². The minimum absolute atomic E-state index is 0.314. The van der Waals surface area contributed by atoms with Gasteiger partial charge in [0.05, 0.1) is 15.9 Å². The van der Waals surface area contributed by atoms with Crippen molar-refractivity contribution in [2.45, 2.75) is 0 Å². The topological polar surface area (TPSA) is 70.7 Å². The summed E-state index contributed by atoms with van der Waals surface area (Å²) in [6.45, 7) is 0. The monoisotopic (exact) mass is 338 g/mol. The number of thiazole rings is 1. The van der Waals surface area contributed by atoms with Gasteiger partial charge < -0.3 is 0 Å². The van der Waals surface area contributed by atoms with Gasteiger partial charge in [0.25, 0.3) is 5.91 Å². The molecule has 1 amide bonds. The van der Waals surface area contributed by atoms with E-state index in [1.54, 1.807) is 18.2 Å². The summed E-state index contributed by atoms with van der Waals surface area (Å²) in [5.74, 6) is -0.641. The van der Waals surface area contributed by atoms with Crippen LogP contribution in [0.5, 0.6) is 0 Å². The first-order valence-corrected chi connectivity index (χ1v) is 7.99. The van der Waals surface area contributed by atoms with Crippen molar-refractivity contribution in [3.05, 3.63) is 66.1 Å². The fraction of sp³-hybridized carbons (Fsp3) is 0. The van der Waals surface area contributed by atoms with Gasteiger partial charge in [-0.25, -0.2) is 9.37 Å². The van der Waals surface area contributed by atoms with E-state index in [0.29, 0.717) is 16.5 Å². The Balaban J connectivity index is 1.55. The van der Waals surface area contributed by atoms with Crippen molar-refractivity contribution in [1.29, 1.82) is 0 Å². The standard InChI is InChI=1S/C17H11FN4OS/c18-11-7-5-10(6-8-11)13-9-14(22-21-13)16(23)20-17-19-12-3-1-2-4-15(12)24-17/h1-9H,(H,21,22)(H,19,20,23). The molecular weight excluding hydrogens is 327 g/mol. The molecule has 24 heavy (non-hydrogen) atoms. The normalized spacial score (nSPS) is 10.9. The summed E-state index contributed by atoms with van der Waals surface area (Å²) in [5.41, 5.74) is 2.46. The smallest absolute Gasteiger partial charge is 0.275 e. The van der Waals surface area contributed by atoms with E-state index in [4.69, 9.17) is 0 Å². The molecule has 2 aromatic heterocycles. The van der Waals surface area contributed by atoms with Crippen molar-refractivity contribution in [1.82, 2.24) is 15.2 Å². The quantitative estimate of drug-likeness (QED) is 0.591. The molecule has 0 spiro atoms. The van der Waals surface area contributed by atoms with Crippen molar-refractivity contribution in [2.75, 3.05) is 5.32 Å². The third kappa shape index (κ3) is 2.77. The summed E-state index contributed by atoms with van der Waals surface area (Å²) in [6.07, 6.45) is 0. The van der Waals surface area contributed by atoms with Gasteiger partial charge in [0.15, 0.2) is 5.13 Å². The number of hydrogen-bond donors (Lipinski definition) is 2. The first-order chi connectivity index (χ1) is 11.7. The molecule has 0 radical (unpaired) electrons. The summed E-state index contributed by atoms with van der Waals surface area (Å²) in [6, 6.07) is 15.2. The number of halogens is 1. The number of rotatable bonds is 3. The number of benzene rings is 2. The number of nitrogens with one attached hydrogen (secondary N) is 2. The highest BCUT2D eigenvalue weighted by molar-refractivity contribution is 7.22. The van der Waals surface area contributed by atoms with Gasteiger partial charge in [0.2, 0.25) is 0 Å².